The summed E-state index contributed by atoms with van der Waals surface area (Å²) >= 11 is 16.6. The molecule has 7 heteroatoms. The van der Waals surface area contributed by atoms with Gasteiger partial charge in [0, 0.05) is 9.86 Å². The van der Waals surface area contributed by atoms with Crippen LogP contribution in [-0.4, -0.2) is 16.7 Å². The van der Waals surface area contributed by atoms with Crippen molar-refractivity contribution in [2.24, 2.45) is 0 Å². The Labute approximate surface area is 176 Å². The molecule has 27 heavy (non-hydrogen) atoms. The first kappa shape index (κ1) is 19.9. The Morgan fingerprint density at radius 1 is 1.11 bits per heavy atom. The summed E-state index contributed by atoms with van der Waals surface area (Å²) in [7, 11) is 0. The number of ether oxygens (including phenoxy) is 1. The first-order valence-corrected chi connectivity index (χ1v) is 9.74. The van der Waals surface area contributed by atoms with Crippen LogP contribution in [0.4, 0.5) is 16.2 Å². The Hall–Kier alpha value is -1.82. The fourth-order valence-electron chi connectivity index (χ4n) is 2.56. The molecular formula is C20H17BrCl2N2O2. The van der Waals surface area contributed by atoms with Crippen LogP contribution in [0.5, 0.6) is 0 Å². The molecule has 1 heterocycles. The Morgan fingerprint density at radius 3 is 2.41 bits per heavy atom. The summed E-state index contributed by atoms with van der Waals surface area (Å²) < 4.78 is 6.43. The van der Waals surface area contributed by atoms with Gasteiger partial charge in [-0.2, -0.15) is 0 Å². The van der Waals surface area contributed by atoms with Gasteiger partial charge in [0.2, 0.25) is 0 Å². The highest BCUT2D eigenvalue weighted by Gasteiger charge is 2.29. The average Bonchev–Trinajstić information content (AvgIpc) is 2.58. The number of nitrogens with zero attached hydrogens (tertiary/aromatic N) is 2. The van der Waals surface area contributed by atoms with Gasteiger partial charge in [-0.05, 0) is 51.1 Å². The van der Waals surface area contributed by atoms with E-state index in [9.17, 15) is 4.79 Å². The van der Waals surface area contributed by atoms with Crippen LogP contribution in [0, 0.1) is 0 Å². The maximum Gasteiger partial charge on any atom is 0.419 e. The van der Waals surface area contributed by atoms with Crippen LogP contribution in [0.3, 0.4) is 0 Å². The lowest BCUT2D eigenvalue weighted by atomic mass is 10.2. The number of fused-ring (bicyclic) bond motifs is 1. The monoisotopic (exact) mass is 466 g/mol. The Bertz CT molecular complexity index is 1000. The number of carbonyl (C=O) groups excluding carboxylic acids is 1. The van der Waals surface area contributed by atoms with Crippen LogP contribution in [0.1, 0.15) is 20.8 Å². The van der Waals surface area contributed by atoms with Gasteiger partial charge in [0.1, 0.15) is 11.3 Å². The van der Waals surface area contributed by atoms with Crippen molar-refractivity contribution < 1.29 is 9.53 Å². The topological polar surface area (TPSA) is 42.4 Å². The van der Waals surface area contributed by atoms with Crippen LogP contribution in [0.2, 0.25) is 10.2 Å². The number of carbonyl (C=O) groups is 1. The molecule has 0 radical (unpaired) electrons. The molecule has 0 fully saturated rings. The number of rotatable bonds is 2. The number of anilines is 2. The summed E-state index contributed by atoms with van der Waals surface area (Å²) in [6, 6.07) is 14.5. The minimum absolute atomic E-state index is 0.115. The van der Waals surface area contributed by atoms with Crippen LogP contribution in [0.25, 0.3) is 10.9 Å². The molecule has 0 spiro atoms. The van der Waals surface area contributed by atoms with E-state index in [1.54, 1.807) is 39.0 Å². The van der Waals surface area contributed by atoms with Gasteiger partial charge in [-0.15, -0.1) is 0 Å². The summed E-state index contributed by atoms with van der Waals surface area (Å²) in [6.45, 7) is 5.40. The minimum atomic E-state index is -0.684. The molecule has 2 aromatic carbocycles. The van der Waals surface area contributed by atoms with E-state index in [0.29, 0.717) is 21.6 Å². The standard InChI is InChI=1S/C20H17BrCl2N2O2/c1-20(2,3)27-19(26)25(13-7-5-4-6-8-13)17-16(22)14-11-12(21)9-10-15(14)24-18(17)23/h4-11H,1-3H3. The number of benzene rings is 2. The smallest absolute Gasteiger partial charge is 0.419 e. The van der Waals surface area contributed by atoms with Gasteiger partial charge in [0.05, 0.1) is 16.2 Å². The maximum atomic E-state index is 13.0. The molecule has 1 amide bonds. The van der Waals surface area contributed by atoms with Crippen molar-refractivity contribution in [2.75, 3.05) is 4.90 Å². The fraction of sp³-hybridized carbons (Fsp3) is 0.200. The summed E-state index contributed by atoms with van der Waals surface area (Å²) in [4.78, 5) is 18.8. The summed E-state index contributed by atoms with van der Waals surface area (Å²) in [5.74, 6) is 0. The van der Waals surface area contributed by atoms with Gasteiger partial charge in [-0.3, -0.25) is 0 Å². The predicted molar refractivity (Wildman–Crippen MR) is 114 cm³/mol. The third-order valence-electron chi connectivity index (χ3n) is 3.63. The van der Waals surface area contributed by atoms with Crippen molar-refractivity contribution in [3.63, 3.8) is 0 Å². The molecule has 0 atom stereocenters. The third-order valence-corrected chi connectivity index (χ3v) is 4.77. The van der Waals surface area contributed by atoms with E-state index in [0.717, 1.165) is 4.47 Å². The molecule has 140 valence electrons. The number of halogens is 3. The summed E-state index contributed by atoms with van der Waals surface area (Å²) in [5.41, 5.74) is 0.807. The average molecular weight is 468 g/mol. The van der Waals surface area contributed by atoms with Crippen molar-refractivity contribution in [3.8, 4) is 0 Å². The first-order chi connectivity index (χ1) is 12.7. The van der Waals surface area contributed by atoms with Crippen LogP contribution in [-0.2, 0) is 4.74 Å². The molecule has 0 aliphatic rings. The third kappa shape index (κ3) is 4.37. The molecule has 3 aromatic rings. The van der Waals surface area contributed by atoms with Gasteiger partial charge < -0.3 is 4.74 Å². The van der Waals surface area contributed by atoms with Crippen molar-refractivity contribution >= 4 is 67.5 Å². The molecule has 1 aromatic heterocycles. The second-order valence-electron chi connectivity index (χ2n) is 6.88. The minimum Gasteiger partial charge on any atom is -0.443 e. The zero-order valence-electron chi connectivity index (χ0n) is 15.0. The normalized spacial score (nSPS) is 11.5. The molecule has 0 aliphatic heterocycles. The molecule has 0 saturated heterocycles. The Balaban J connectivity index is 2.25. The number of hydrogen-bond acceptors (Lipinski definition) is 3. The quantitative estimate of drug-likeness (QED) is 0.369. The largest absolute Gasteiger partial charge is 0.443 e. The van der Waals surface area contributed by atoms with Crippen molar-refractivity contribution in [1.82, 2.24) is 4.98 Å². The Kier molecular flexibility index (Phi) is 5.65. The van der Waals surface area contributed by atoms with Gasteiger partial charge in [-0.25, -0.2) is 14.7 Å². The van der Waals surface area contributed by atoms with E-state index in [-0.39, 0.29) is 10.8 Å². The predicted octanol–water partition coefficient (Wildman–Crippen LogP) is 7.38. The van der Waals surface area contributed by atoms with Crippen molar-refractivity contribution in [2.45, 2.75) is 26.4 Å². The van der Waals surface area contributed by atoms with Crippen molar-refractivity contribution in [1.29, 1.82) is 0 Å². The molecule has 0 aliphatic carbocycles. The molecular weight excluding hydrogens is 451 g/mol. The molecule has 0 saturated carbocycles. The zero-order chi connectivity index (χ0) is 19.8. The molecule has 0 bridgehead atoms. The van der Waals surface area contributed by atoms with Gasteiger partial charge in [0.15, 0.2) is 5.15 Å². The highest BCUT2D eigenvalue weighted by molar-refractivity contribution is 9.10. The van der Waals surface area contributed by atoms with Crippen LogP contribution < -0.4 is 4.90 Å². The van der Waals surface area contributed by atoms with E-state index in [2.05, 4.69) is 20.9 Å². The number of amides is 1. The lowest BCUT2D eigenvalue weighted by Crippen LogP contribution is -2.34. The Morgan fingerprint density at radius 2 is 1.78 bits per heavy atom. The number of para-hydroxylation sites is 1. The van der Waals surface area contributed by atoms with Gasteiger partial charge in [-0.1, -0.05) is 57.3 Å². The molecule has 4 nitrogen and oxygen atoms in total. The molecule has 0 N–H and O–H groups in total. The highest BCUT2D eigenvalue weighted by Crippen LogP contribution is 2.42. The number of aromatic nitrogens is 1. The van der Waals surface area contributed by atoms with E-state index in [4.69, 9.17) is 27.9 Å². The van der Waals surface area contributed by atoms with E-state index in [1.165, 1.54) is 4.90 Å². The van der Waals surface area contributed by atoms with E-state index in [1.807, 2.05) is 30.3 Å². The SMILES string of the molecule is CC(C)(C)OC(=O)N(c1ccccc1)c1c(Cl)nc2ccc(Br)cc2c1Cl. The number of pyridine rings is 1. The van der Waals surface area contributed by atoms with Crippen LogP contribution in [0.15, 0.2) is 53.0 Å². The van der Waals surface area contributed by atoms with Crippen LogP contribution >= 0.6 is 39.1 Å². The molecule has 3 rings (SSSR count). The summed E-state index contributed by atoms with van der Waals surface area (Å²) in [5, 5.41) is 1.11. The highest BCUT2D eigenvalue weighted by atomic mass is 79.9. The number of hydrogen-bond donors (Lipinski definition) is 0. The maximum absolute atomic E-state index is 13.0. The second-order valence-corrected chi connectivity index (χ2v) is 8.53. The lowest BCUT2D eigenvalue weighted by Gasteiger charge is -2.28. The zero-order valence-corrected chi connectivity index (χ0v) is 18.1. The fourth-order valence-corrected chi connectivity index (χ4v) is 3.56. The van der Waals surface area contributed by atoms with Gasteiger partial charge in [0.25, 0.3) is 0 Å². The van der Waals surface area contributed by atoms with E-state index < -0.39 is 11.7 Å². The first-order valence-electron chi connectivity index (χ1n) is 8.20. The molecule has 0 unspecified atom stereocenters. The van der Waals surface area contributed by atoms with Gasteiger partial charge >= 0.3 is 6.09 Å². The van der Waals surface area contributed by atoms with E-state index >= 15 is 0 Å². The van der Waals surface area contributed by atoms with Crippen molar-refractivity contribution in [3.05, 3.63) is 63.2 Å². The summed E-state index contributed by atoms with van der Waals surface area (Å²) in [6.07, 6.45) is -0.589. The second kappa shape index (κ2) is 7.66. The lowest BCUT2D eigenvalue weighted by molar-refractivity contribution is 0.0599.